The molecule has 0 atom stereocenters. The van der Waals surface area contributed by atoms with Crippen LogP contribution in [0.15, 0.2) is 20.9 Å². The van der Waals surface area contributed by atoms with Gasteiger partial charge in [-0.05, 0) is 38.3 Å². The SMILES string of the molecule is COC(=O)c1sccc1S(=O)(=O)N1CCCN(Cc2c(C)noc2C)CC1. The van der Waals surface area contributed by atoms with Gasteiger partial charge in [0.1, 0.15) is 15.5 Å². The van der Waals surface area contributed by atoms with E-state index in [9.17, 15) is 13.2 Å². The van der Waals surface area contributed by atoms with E-state index >= 15 is 0 Å². The number of nitrogens with zero attached hydrogens (tertiary/aromatic N) is 3. The number of carbonyl (C=O) groups excluding carboxylic acids is 1. The summed E-state index contributed by atoms with van der Waals surface area (Å²) in [6.45, 7) is 6.63. The van der Waals surface area contributed by atoms with Crippen molar-refractivity contribution in [1.29, 1.82) is 0 Å². The summed E-state index contributed by atoms with van der Waals surface area (Å²) in [6, 6.07) is 1.47. The fourth-order valence-corrected chi connectivity index (χ4v) is 5.96. The molecule has 0 bridgehead atoms. The zero-order valence-corrected chi connectivity index (χ0v) is 17.2. The van der Waals surface area contributed by atoms with Gasteiger partial charge in [0.15, 0.2) is 0 Å². The number of methoxy groups -OCH3 is 1. The van der Waals surface area contributed by atoms with E-state index in [-0.39, 0.29) is 9.77 Å². The van der Waals surface area contributed by atoms with Crippen LogP contribution in [0.4, 0.5) is 0 Å². The first-order valence-corrected chi connectivity index (χ1v) is 11.0. The molecule has 0 N–H and O–H groups in total. The first-order valence-electron chi connectivity index (χ1n) is 8.64. The fourth-order valence-electron chi connectivity index (χ4n) is 3.18. The molecule has 1 aliphatic rings. The van der Waals surface area contributed by atoms with Crippen molar-refractivity contribution < 1.29 is 22.5 Å². The summed E-state index contributed by atoms with van der Waals surface area (Å²) in [4.78, 5) is 14.2. The van der Waals surface area contributed by atoms with Crippen LogP contribution in [0, 0.1) is 13.8 Å². The number of aryl methyl sites for hydroxylation is 2. The number of hydrogen-bond donors (Lipinski definition) is 0. The lowest BCUT2D eigenvalue weighted by molar-refractivity contribution is 0.0602. The number of aromatic nitrogens is 1. The van der Waals surface area contributed by atoms with E-state index < -0.39 is 16.0 Å². The third kappa shape index (κ3) is 4.08. The first kappa shape index (κ1) is 20.0. The van der Waals surface area contributed by atoms with Gasteiger partial charge in [-0.25, -0.2) is 13.2 Å². The Morgan fingerprint density at radius 2 is 2.07 bits per heavy atom. The van der Waals surface area contributed by atoms with Gasteiger partial charge in [-0.1, -0.05) is 5.16 Å². The topological polar surface area (TPSA) is 93.0 Å². The van der Waals surface area contributed by atoms with Crippen molar-refractivity contribution in [1.82, 2.24) is 14.4 Å². The quantitative estimate of drug-likeness (QED) is 0.693. The smallest absolute Gasteiger partial charge is 0.349 e. The minimum atomic E-state index is -3.74. The van der Waals surface area contributed by atoms with Crippen molar-refractivity contribution in [3.8, 4) is 0 Å². The standard InChI is InChI=1S/C17H23N3O5S2/c1-12-14(13(2)25-18-12)11-19-6-4-7-20(9-8-19)27(22,23)15-5-10-26-16(15)17(21)24-3/h5,10H,4,6-9,11H2,1-3H3. The molecular weight excluding hydrogens is 390 g/mol. The highest BCUT2D eigenvalue weighted by atomic mass is 32.2. The molecule has 1 saturated heterocycles. The monoisotopic (exact) mass is 413 g/mol. The Morgan fingerprint density at radius 3 is 2.74 bits per heavy atom. The first-order chi connectivity index (χ1) is 12.8. The lowest BCUT2D eigenvalue weighted by Crippen LogP contribution is -2.35. The van der Waals surface area contributed by atoms with Crippen LogP contribution in [0.25, 0.3) is 0 Å². The highest BCUT2D eigenvalue weighted by Crippen LogP contribution is 2.27. The van der Waals surface area contributed by atoms with Gasteiger partial charge in [-0.2, -0.15) is 4.31 Å². The molecule has 3 heterocycles. The van der Waals surface area contributed by atoms with Gasteiger partial charge in [-0.15, -0.1) is 11.3 Å². The molecular formula is C17H23N3O5S2. The van der Waals surface area contributed by atoms with E-state index in [0.717, 1.165) is 34.9 Å². The summed E-state index contributed by atoms with van der Waals surface area (Å²) >= 11 is 1.08. The van der Waals surface area contributed by atoms with Crippen molar-refractivity contribution in [2.45, 2.75) is 31.7 Å². The van der Waals surface area contributed by atoms with E-state index in [1.54, 1.807) is 5.38 Å². The maximum absolute atomic E-state index is 13.1. The summed E-state index contributed by atoms with van der Waals surface area (Å²) in [5.41, 5.74) is 1.92. The second-order valence-corrected chi connectivity index (χ2v) is 9.26. The van der Waals surface area contributed by atoms with Crippen LogP contribution in [0.3, 0.4) is 0 Å². The summed E-state index contributed by atoms with van der Waals surface area (Å²) < 4.78 is 37.5. The van der Waals surface area contributed by atoms with Crippen molar-refractivity contribution in [3.63, 3.8) is 0 Å². The van der Waals surface area contributed by atoms with Gasteiger partial charge in [0.25, 0.3) is 0 Å². The molecule has 0 amide bonds. The Balaban J connectivity index is 1.74. The molecule has 3 rings (SSSR count). The maximum atomic E-state index is 13.1. The van der Waals surface area contributed by atoms with E-state index in [1.807, 2.05) is 13.8 Å². The van der Waals surface area contributed by atoms with Crippen molar-refractivity contribution >= 4 is 27.3 Å². The molecule has 8 nitrogen and oxygen atoms in total. The summed E-state index contributed by atoms with van der Waals surface area (Å²) in [6.07, 6.45) is 0.709. The molecule has 10 heteroatoms. The molecule has 0 spiro atoms. The zero-order chi connectivity index (χ0) is 19.6. The third-order valence-corrected chi connectivity index (χ3v) is 7.69. The molecule has 2 aromatic rings. The van der Waals surface area contributed by atoms with E-state index in [1.165, 1.54) is 17.5 Å². The van der Waals surface area contributed by atoms with E-state index in [4.69, 9.17) is 9.26 Å². The highest BCUT2D eigenvalue weighted by Gasteiger charge is 2.32. The van der Waals surface area contributed by atoms with Gasteiger partial charge in [0, 0.05) is 31.7 Å². The Hall–Kier alpha value is -1.75. The second kappa shape index (κ2) is 8.09. The van der Waals surface area contributed by atoms with Crippen molar-refractivity contribution in [3.05, 3.63) is 33.3 Å². The van der Waals surface area contributed by atoms with Crippen LogP contribution < -0.4 is 0 Å². The summed E-state index contributed by atoms with van der Waals surface area (Å²) in [7, 11) is -2.50. The summed E-state index contributed by atoms with van der Waals surface area (Å²) in [5.74, 6) is 0.167. The normalized spacial score (nSPS) is 17.0. The minimum absolute atomic E-state index is 0.0264. The largest absolute Gasteiger partial charge is 0.465 e. The summed E-state index contributed by atoms with van der Waals surface area (Å²) in [5, 5.41) is 5.57. The Bertz CT molecular complexity index is 899. The van der Waals surface area contributed by atoms with Crippen LogP contribution in [-0.2, 0) is 21.3 Å². The Labute approximate surface area is 162 Å². The predicted octanol–water partition coefficient (Wildman–Crippen LogP) is 2.04. The average Bonchev–Trinajstić information content (AvgIpc) is 3.17. The van der Waals surface area contributed by atoms with Gasteiger partial charge in [0.05, 0.1) is 12.8 Å². The lowest BCUT2D eigenvalue weighted by atomic mass is 10.2. The van der Waals surface area contributed by atoms with Gasteiger partial charge < -0.3 is 9.26 Å². The Kier molecular flexibility index (Phi) is 5.99. The molecule has 1 aliphatic heterocycles. The molecule has 0 saturated carbocycles. The number of ether oxygens (including phenoxy) is 1. The molecule has 27 heavy (non-hydrogen) atoms. The van der Waals surface area contributed by atoms with Crippen LogP contribution in [0.2, 0.25) is 0 Å². The maximum Gasteiger partial charge on any atom is 0.349 e. The van der Waals surface area contributed by atoms with Gasteiger partial charge in [-0.3, -0.25) is 4.90 Å². The fraction of sp³-hybridized carbons (Fsp3) is 0.529. The minimum Gasteiger partial charge on any atom is -0.465 e. The third-order valence-electron chi connectivity index (χ3n) is 4.73. The van der Waals surface area contributed by atoms with E-state index in [2.05, 4.69) is 10.1 Å². The number of sulfonamides is 1. The van der Waals surface area contributed by atoms with Crippen LogP contribution >= 0.6 is 11.3 Å². The van der Waals surface area contributed by atoms with E-state index in [0.29, 0.717) is 32.6 Å². The number of esters is 1. The average molecular weight is 414 g/mol. The van der Waals surface area contributed by atoms with Crippen molar-refractivity contribution in [2.24, 2.45) is 0 Å². The molecule has 0 unspecified atom stereocenters. The van der Waals surface area contributed by atoms with Gasteiger partial charge >= 0.3 is 5.97 Å². The lowest BCUT2D eigenvalue weighted by Gasteiger charge is -2.21. The number of rotatable bonds is 5. The molecule has 148 valence electrons. The number of hydrogen-bond acceptors (Lipinski definition) is 8. The second-order valence-electron chi connectivity index (χ2n) is 6.44. The highest BCUT2D eigenvalue weighted by molar-refractivity contribution is 7.89. The molecule has 0 aliphatic carbocycles. The predicted molar refractivity (Wildman–Crippen MR) is 100 cm³/mol. The Morgan fingerprint density at radius 1 is 1.30 bits per heavy atom. The van der Waals surface area contributed by atoms with Crippen LogP contribution in [0.5, 0.6) is 0 Å². The van der Waals surface area contributed by atoms with Crippen molar-refractivity contribution in [2.75, 3.05) is 33.3 Å². The van der Waals surface area contributed by atoms with Crippen LogP contribution in [0.1, 0.15) is 33.1 Å². The molecule has 2 aromatic heterocycles. The van der Waals surface area contributed by atoms with Crippen LogP contribution in [-0.4, -0.2) is 62.0 Å². The molecule has 1 fully saturated rings. The van der Waals surface area contributed by atoms with Gasteiger partial charge in [0.2, 0.25) is 10.0 Å². The number of thiophene rings is 1. The zero-order valence-electron chi connectivity index (χ0n) is 15.6. The molecule has 0 aromatic carbocycles. The number of carbonyl (C=O) groups is 1. The molecule has 0 radical (unpaired) electrons.